The van der Waals surface area contributed by atoms with Crippen LogP contribution in [0.2, 0.25) is 0 Å². The highest BCUT2D eigenvalue weighted by Gasteiger charge is 2.27. The van der Waals surface area contributed by atoms with E-state index in [9.17, 15) is 18.4 Å². The predicted molar refractivity (Wildman–Crippen MR) is 111 cm³/mol. The number of rotatable bonds is 6. The van der Waals surface area contributed by atoms with Crippen molar-refractivity contribution >= 4 is 11.9 Å². The monoisotopic (exact) mass is 436 g/mol. The van der Waals surface area contributed by atoms with Gasteiger partial charge in [-0.3, -0.25) is 9.36 Å². The van der Waals surface area contributed by atoms with Crippen molar-refractivity contribution in [3.63, 3.8) is 0 Å². The van der Waals surface area contributed by atoms with Crippen LogP contribution in [0.15, 0.2) is 41.5 Å². The van der Waals surface area contributed by atoms with Crippen LogP contribution in [-0.4, -0.2) is 39.9 Å². The highest BCUT2D eigenvalue weighted by atomic mass is 19.3. The summed E-state index contributed by atoms with van der Waals surface area (Å²) < 4.78 is 35.6. The maximum absolute atomic E-state index is 12.4. The van der Waals surface area contributed by atoms with Crippen LogP contribution < -0.4 is 20.9 Å². The maximum Gasteiger partial charge on any atom is 0.407 e. The molecule has 3 rings (SSSR count). The van der Waals surface area contributed by atoms with Crippen LogP contribution in [0.5, 0.6) is 5.75 Å². The smallest absolute Gasteiger partial charge is 0.407 e. The summed E-state index contributed by atoms with van der Waals surface area (Å²) in [5.41, 5.74) is -0.817. The lowest BCUT2D eigenvalue weighted by atomic mass is 10.2. The average molecular weight is 436 g/mol. The van der Waals surface area contributed by atoms with Crippen molar-refractivity contribution in [3.05, 3.63) is 47.0 Å². The van der Waals surface area contributed by atoms with Crippen molar-refractivity contribution in [1.29, 1.82) is 0 Å². The zero-order chi connectivity index (χ0) is 22.6. The fourth-order valence-electron chi connectivity index (χ4n) is 3.40. The van der Waals surface area contributed by atoms with Gasteiger partial charge in [0.15, 0.2) is 5.75 Å². The fraction of sp³-hybridized carbons (Fsp3) is 0.476. The number of nitrogens with one attached hydrogen (secondary N) is 2. The second-order valence-corrected chi connectivity index (χ2v) is 8.33. The minimum Gasteiger partial charge on any atom is -0.444 e. The van der Waals surface area contributed by atoms with Gasteiger partial charge in [-0.1, -0.05) is 0 Å². The Morgan fingerprint density at radius 2 is 1.97 bits per heavy atom. The Hall–Kier alpha value is -3.17. The van der Waals surface area contributed by atoms with E-state index >= 15 is 0 Å². The van der Waals surface area contributed by atoms with E-state index < -0.39 is 29.6 Å². The third kappa shape index (κ3) is 6.40. The molecule has 0 unspecified atom stereocenters. The third-order valence-electron chi connectivity index (χ3n) is 4.66. The number of alkyl carbamates (subject to hydrolysis) is 1. The number of halogens is 2. The first-order chi connectivity index (χ1) is 14.6. The van der Waals surface area contributed by atoms with Crippen molar-refractivity contribution in [2.45, 2.75) is 64.3 Å². The van der Waals surface area contributed by atoms with E-state index in [0.717, 1.165) is 19.3 Å². The number of alkyl halides is 2. The Kier molecular flexibility index (Phi) is 6.77. The van der Waals surface area contributed by atoms with Crippen LogP contribution in [0, 0.1) is 0 Å². The van der Waals surface area contributed by atoms with Gasteiger partial charge in [-0.15, -0.1) is 0 Å². The lowest BCUT2D eigenvalue weighted by Crippen LogP contribution is -2.38. The van der Waals surface area contributed by atoms with E-state index in [1.165, 1.54) is 29.1 Å². The summed E-state index contributed by atoms with van der Waals surface area (Å²) in [4.78, 5) is 28.5. The van der Waals surface area contributed by atoms with Gasteiger partial charge in [0.25, 0.3) is 5.56 Å². The molecule has 8 nitrogen and oxygen atoms in total. The number of amides is 1. The summed E-state index contributed by atoms with van der Waals surface area (Å²) in [6.45, 7) is 2.37. The highest BCUT2D eigenvalue weighted by Crippen LogP contribution is 2.23. The first-order valence-corrected chi connectivity index (χ1v) is 10.00. The van der Waals surface area contributed by atoms with Gasteiger partial charge in [-0.25, -0.2) is 9.78 Å². The van der Waals surface area contributed by atoms with Crippen LogP contribution in [0.1, 0.15) is 40.0 Å². The first-order valence-electron chi connectivity index (χ1n) is 10.00. The van der Waals surface area contributed by atoms with E-state index in [1.54, 1.807) is 12.1 Å². The van der Waals surface area contributed by atoms with Crippen molar-refractivity contribution < 1.29 is 23.0 Å². The van der Waals surface area contributed by atoms with E-state index in [0.29, 0.717) is 11.5 Å². The van der Waals surface area contributed by atoms with Crippen LogP contribution in [0.4, 0.5) is 19.4 Å². The molecule has 0 bridgehead atoms. The van der Waals surface area contributed by atoms with Gasteiger partial charge >= 0.3 is 12.7 Å². The van der Waals surface area contributed by atoms with Crippen LogP contribution in [0.3, 0.4) is 0 Å². The minimum atomic E-state index is -3.08. The number of hydrogen-bond acceptors (Lipinski definition) is 6. The molecule has 31 heavy (non-hydrogen) atoms. The van der Waals surface area contributed by atoms with E-state index in [4.69, 9.17) is 4.74 Å². The Balaban J connectivity index is 1.58. The quantitative estimate of drug-likeness (QED) is 0.717. The zero-order valence-corrected chi connectivity index (χ0v) is 17.6. The number of ether oxygens (including phenoxy) is 2. The molecule has 2 aromatic rings. The molecule has 0 radical (unpaired) electrons. The van der Waals surface area contributed by atoms with Crippen molar-refractivity contribution in [2.24, 2.45) is 0 Å². The van der Waals surface area contributed by atoms with Gasteiger partial charge in [0.2, 0.25) is 0 Å². The Bertz CT molecular complexity index is 957. The molecule has 2 aromatic heterocycles. The van der Waals surface area contributed by atoms with Crippen molar-refractivity contribution in [3.8, 4) is 11.4 Å². The summed E-state index contributed by atoms with van der Waals surface area (Å²) in [6, 6.07) is 6.15. The van der Waals surface area contributed by atoms with Crippen LogP contribution >= 0.6 is 0 Å². The Morgan fingerprint density at radius 1 is 1.23 bits per heavy atom. The number of carbonyl (C=O) groups is 1. The lowest BCUT2D eigenvalue weighted by Gasteiger charge is -2.22. The number of aromatic nitrogens is 2. The molecule has 0 spiro atoms. The zero-order valence-electron chi connectivity index (χ0n) is 17.6. The van der Waals surface area contributed by atoms with Gasteiger partial charge in [0.1, 0.15) is 11.4 Å². The number of pyridine rings is 2. The van der Waals surface area contributed by atoms with Gasteiger partial charge in [-0.05, 0) is 64.3 Å². The fourth-order valence-corrected chi connectivity index (χ4v) is 3.40. The topological polar surface area (TPSA) is 94.5 Å². The van der Waals surface area contributed by atoms with Crippen LogP contribution in [0.25, 0.3) is 5.69 Å². The summed E-state index contributed by atoms with van der Waals surface area (Å²) in [7, 11) is 0. The number of hydrogen-bond donors (Lipinski definition) is 2. The molecule has 2 atom stereocenters. The summed E-state index contributed by atoms with van der Waals surface area (Å²) in [5.74, 6) is 0.175. The molecule has 2 heterocycles. The van der Waals surface area contributed by atoms with Crippen molar-refractivity contribution in [1.82, 2.24) is 14.9 Å². The lowest BCUT2D eigenvalue weighted by molar-refractivity contribution is -0.0509. The molecule has 1 aliphatic rings. The maximum atomic E-state index is 12.4. The normalized spacial score (nSPS) is 18.6. The summed E-state index contributed by atoms with van der Waals surface area (Å²) in [5, 5.41) is 6.19. The molecule has 1 fully saturated rings. The standard InChI is InChI=1S/C21H26F2N4O4/c1-21(2,3)31-20(29)26-14-7-6-13(11-14)25-17-9-8-15(12-24-17)27-10-4-5-16(18(27)28)30-19(22)23/h4-5,8-10,12-14,19H,6-7,11H2,1-3H3,(H,24,25)(H,26,29)/t13-,14-/m0/s1. The van der Waals surface area contributed by atoms with Gasteiger partial charge in [-0.2, -0.15) is 8.78 Å². The molecular formula is C21H26F2N4O4. The van der Waals surface area contributed by atoms with E-state index in [2.05, 4.69) is 20.4 Å². The average Bonchev–Trinajstić information content (AvgIpc) is 3.09. The van der Waals surface area contributed by atoms with E-state index in [1.807, 2.05) is 20.8 Å². The Labute approximate surface area is 178 Å². The van der Waals surface area contributed by atoms with Gasteiger partial charge in [0.05, 0.1) is 11.9 Å². The molecular weight excluding hydrogens is 410 g/mol. The number of nitrogens with zero attached hydrogens (tertiary/aromatic N) is 2. The largest absolute Gasteiger partial charge is 0.444 e. The van der Waals surface area contributed by atoms with Crippen LogP contribution in [-0.2, 0) is 4.74 Å². The highest BCUT2D eigenvalue weighted by molar-refractivity contribution is 5.68. The van der Waals surface area contributed by atoms with E-state index in [-0.39, 0.29) is 12.1 Å². The molecule has 0 aromatic carbocycles. The molecule has 0 saturated heterocycles. The second-order valence-electron chi connectivity index (χ2n) is 8.33. The molecule has 1 aliphatic carbocycles. The molecule has 10 heteroatoms. The number of carbonyl (C=O) groups excluding carboxylic acids is 1. The second kappa shape index (κ2) is 9.32. The molecule has 0 aliphatic heterocycles. The van der Waals surface area contributed by atoms with Crippen molar-refractivity contribution in [2.75, 3.05) is 5.32 Å². The summed E-state index contributed by atoms with van der Waals surface area (Å²) >= 11 is 0. The third-order valence-corrected chi connectivity index (χ3v) is 4.66. The SMILES string of the molecule is CC(C)(C)OC(=O)N[C@H]1CC[C@H](Nc2ccc(-n3cccc(OC(F)F)c3=O)cn2)C1. The molecule has 168 valence electrons. The van der Waals surface area contributed by atoms with Gasteiger partial charge in [0, 0.05) is 18.3 Å². The molecule has 1 saturated carbocycles. The Morgan fingerprint density at radius 3 is 2.61 bits per heavy atom. The minimum absolute atomic E-state index is 0.0165. The number of anilines is 1. The molecule has 2 N–H and O–H groups in total. The predicted octanol–water partition coefficient (Wildman–Crippen LogP) is 3.69. The summed E-state index contributed by atoms with van der Waals surface area (Å²) in [6.07, 6.45) is 4.91. The van der Waals surface area contributed by atoms with Gasteiger partial charge < -0.3 is 20.1 Å². The molecule has 1 amide bonds. The first kappa shape index (κ1) is 22.5.